The summed E-state index contributed by atoms with van der Waals surface area (Å²) in [5, 5.41) is 22.1. The fraction of sp³-hybridized carbons (Fsp3) is 0.382. The summed E-state index contributed by atoms with van der Waals surface area (Å²) in [6.07, 6.45) is 4.99. The number of fused-ring (bicyclic) bond motifs is 2. The Labute approximate surface area is 266 Å². The molecule has 0 spiro atoms. The Kier molecular flexibility index (Phi) is 8.71. The average molecular weight is 626 g/mol. The zero-order chi connectivity index (χ0) is 31.7. The summed E-state index contributed by atoms with van der Waals surface area (Å²) in [5.41, 5.74) is 1.44. The average Bonchev–Trinajstić information content (AvgIpc) is 3.47. The topological polar surface area (TPSA) is 108 Å². The number of amides is 1. The van der Waals surface area contributed by atoms with E-state index in [1.807, 2.05) is 36.2 Å². The van der Waals surface area contributed by atoms with Crippen LogP contribution in [0.2, 0.25) is 5.02 Å². The number of nitrogens with zero attached hydrogens (tertiary/aromatic N) is 7. The SMILES string of the molecule is C=CC(=O)N1CCN(C2=C(C#N)C(OC[C@@H]3CCCN3C)=NC3C(F)=C(c4cccc5cccc(Cl)c45)N=CC23)C[C@@H]1CC#N. The molecule has 4 atom stereocenters. The van der Waals surface area contributed by atoms with Crippen LogP contribution in [0.25, 0.3) is 16.5 Å². The van der Waals surface area contributed by atoms with E-state index in [2.05, 4.69) is 28.6 Å². The van der Waals surface area contributed by atoms with Gasteiger partial charge in [-0.3, -0.25) is 9.79 Å². The molecule has 9 nitrogen and oxygen atoms in total. The van der Waals surface area contributed by atoms with E-state index >= 15 is 4.39 Å². The Balaban J connectivity index is 1.43. The smallest absolute Gasteiger partial charge is 0.246 e. The van der Waals surface area contributed by atoms with Gasteiger partial charge in [0.05, 0.1) is 24.4 Å². The van der Waals surface area contributed by atoms with E-state index in [1.165, 1.54) is 6.08 Å². The molecule has 0 N–H and O–H groups in total. The number of carbonyl (C=O) groups excluding carboxylic acids is 1. The minimum Gasteiger partial charge on any atom is -0.475 e. The number of ether oxygens (including phenoxy) is 1. The number of dihydropyridines is 1. The summed E-state index contributed by atoms with van der Waals surface area (Å²) >= 11 is 6.60. The number of rotatable bonds is 6. The summed E-state index contributed by atoms with van der Waals surface area (Å²) in [6.45, 7) is 5.83. The fourth-order valence-corrected chi connectivity index (χ4v) is 7.10. The first-order chi connectivity index (χ1) is 21.9. The molecule has 2 unspecified atom stereocenters. The van der Waals surface area contributed by atoms with Gasteiger partial charge in [0.25, 0.3) is 0 Å². The highest BCUT2D eigenvalue weighted by atomic mass is 35.5. The van der Waals surface area contributed by atoms with E-state index in [0.717, 1.165) is 24.8 Å². The number of likely N-dealkylation sites (N-methyl/N-ethyl adjacent to an activating group) is 1. The van der Waals surface area contributed by atoms with Crippen molar-refractivity contribution in [3.63, 3.8) is 0 Å². The molecule has 4 heterocycles. The van der Waals surface area contributed by atoms with Gasteiger partial charge in [0.2, 0.25) is 11.8 Å². The van der Waals surface area contributed by atoms with Crippen LogP contribution in [0, 0.1) is 28.6 Å². The van der Waals surface area contributed by atoms with Crippen LogP contribution in [0.5, 0.6) is 0 Å². The van der Waals surface area contributed by atoms with Gasteiger partial charge < -0.3 is 19.4 Å². The molecule has 1 amide bonds. The predicted octanol–water partition coefficient (Wildman–Crippen LogP) is 5.11. The molecule has 2 aromatic carbocycles. The van der Waals surface area contributed by atoms with Crippen molar-refractivity contribution in [1.29, 1.82) is 10.5 Å². The van der Waals surface area contributed by atoms with Crippen molar-refractivity contribution in [3.05, 3.63) is 76.7 Å². The van der Waals surface area contributed by atoms with Gasteiger partial charge in [0.15, 0.2) is 5.83 Å². The number of carbonyl (C=O) groups is 1. The number of hydrogen-bond acceptors (Lipinski definition) is 8. The minimum absolute atomic E-state index is 0.0937. The van der Waals surface area contributed by atoms with E-state index in [1.54, 1.807) is 23.2 Å². The molecular formula is C34H33ClFN7O2. The lowest BCUT2D eigenvalue weighted by molar-refractivity contribution is -0.130. The van der Waals surface area contributed by atoms with Crippen LogP contribution in [0.1, 0.15) is 24.8 Å². The van der Waals surface area contributed by atoms with Crippen LogP contribution in [0.4, 0.5) is 4.39 Å². The molecule has 0 aliphatic carbocycles. The zero-order valence-corrected chi connectivity index (χ0v) is 25.8. The second kappa shape index (κ2) is 12.8. The second-order valence-corrected chi connectivity index (χ2v) is 12.1. The molecule has 0 saturated carbocycles. The van der Waals surface area contributed by atoms with Crippen molar-refractivity contribution >= 4 is 46.1 Å². The number of piperazine rings is 1. The number of hydrogen-bond donors (Lipinski definition) is 0. The Bertz CT molecular complexity index is 1750. The summed E-state index contributed by atoms with van der Waals surface area (Å²) < 4.78 is 23.1. The van der Waals surface area contributed by atoms with Crippen LogP contribution in [0.3, 0.4) is 0 Å². The second-order valence-electron chi connectivity index (χ2n) is 11.7. The standard InChI is InChI=1S/C34H33ClFN7O2/c1-3-28(44)43-16-15-42(19-22(43)12-13-37)33-25(17-38)34(45-20-23-9-6-14-41(23)2)40-32-26(33)18-39-31(30(32)36)24-10-4-7-21-8-5-11-27(35)29(21)24/h3-5,7-8,10-11,18,22-23,26,32H,1,6,9,12,14-16,19-20H2,2H3/t22-,23-,26?,32?/m0/s1. The summed E-state index contributed by atoms with van der Waals surface area (Å²) in [7, 11) is 2.03. The molecule has 2 aromatic rings. The van der Waals surface area contributed by atoms with Gasteiger partial charge in [-0.05, 0) is 44.0 Å². The predicted molar refractivity (Wildman–Crippen MR) is 172 cm³/mol. The minimum atomic E-state index is -1.03. The zero-order valence-electron chi connectivity index (χ0n) is 25.0. The van der Waals surface area contributed by atoms with Gasteiger partial charge in [-0.15, -0.1) is 0 Å². The first-order valence-electron chi connectivity index (χ1n) is 15.1. The van der Waals surface area contributed by atoms with Crippen molar-refractivity contribution in [2.24, 2.45) is 15.9 Å². The third-order valence-electron chi connectivity index (χ3n) is 9.15. The highest BCUT2D eigenvalue weighted by molar-refractivity contribution is 6.36. The molecule has 2 fully saturated rings. The highest BCUT2D eigenvalue weighted by Crippen LogP contribution is 2.42. The number of likely N-dealkylation sites (tertiary alicyclic amines) is 1. The van der Waals surface area contributed by atoms with Crippen LogP contribution in [-0.4, -0.2) is 90.7 Å². The Hall–Kier alpha value is -4.51. The Morgan fingerprint density at radius 1 is 1.20 bits per heavy atom. The van der Waals surface area contributed by atoms with Crippen molar-refractivity contribution < 1.29 is 13.9 Å². The summed E-state index contributed by atoms with van der Waals surface area (Å²) in [4.78, 5) is 27.8. The summed E-state index contributed by atoms with van der Waals surface area (Å²) in [6, 6.07) is 14.2. The van der Waals surface area contributed by atoms with Gasteiger partial charge >= 0.3 is 0 Å². The van der Waals surface area contributed by atoms with E-state index in [-0.39, 0.29) is 42.1 Å². The third kappa shape index (κ3) is 5.61. The van der Waals surface area contributed by atoms with E-state index in [0.29, 0.717) is 41.4 Å². The number of halogens is 2. The van der Waals surface area contributed by atoms with E-state index in [9.17, 15) is 15.3 Å². The monoisotopic (exact) mass is 625 g/mol. The first kappa shape index (κ1) is 30.5. The maximum atomic E-state index is 16.8. The molecule has 4 aliphatic heterocycles. The lowest BCUT2D eigenvalue weighted by Gasteiger charge is -2.45. The summed E-state index contributed by atoms with van der Waals surface area (Å²) in [5.74, 6) is -1.41. The molecular weight excluding hydrogens is 593 g/mol. The highest BCUT2D eigenvalue weighted by Gasteiger charge is 2.44. The lowest BCUT2D eigenvalue weighted by Crippen LogP contribution is -2.56. The van der Waals surface area contributed by atoms with Gasteiger partial charge in [0, 0.05) is 53.6 Å². The largest absolute Gasteiger partial charge is 0.475 e. The van der Waals surface area contributed by atoms with Crippen LogP contribution >= 0.6 is 11.6 Å². The van der Waals surface area contributed by atoms with E-state index in [4.69, 9.17) is 21.3 Å². The van der Waals surface area contributed by atoms with Crippen molar-refractivity contribution in [2.45, 2.75) is 37.4 Å². The third-order valence-corrected chi connectivity index (χ3v) is 9.46. The number of nitriles is 2. The quantitative estimate of drug-likeness (QED) is 0.413. The van der Waals surface area contributed by atoms with Crippen LogP contribution < -0.4 is 0 Å². The number of aliphatic imine (C=N–C) groups is 2. The van der Waals surface area contributed by atoms with Crippen molar-refractivity contribution in [2.75, 3.05) is 39.8 Å². The molecule has 4 aliphatic rings. The molecule has 45 heavy (non-hydrogen) atoms. The molecule has 11 heteroatoms. The first-order valence-corrected chi connectivity index (χ1v) is 15.5. The normalized spacial score (nSPS) is 25.1. The Morgan fingerprint density at radius 3 is 2.71 bits per heavy atom. The van der Waals surface area contributed by atoms with Crippen LogP contribution in [-0.2, 0) is 9.53 Å². The molecule has 6 rings (SSSR count). The maximum Gasteiger partial charge on any atom is 0.246 e. The van der Waals surface area contributed by atoms with Gasteiger partial charge in [-0.2, -0.15) is 10.5 Å². The van der Waals surface area contributed by atoms with Gasteiger partial charge in [-0.1, -0.05) is 48.5 Å². The van der Waals surface area contributed by atoms with Crippen molar-refractivity contribution in [1.82, 2.24) is 14.7 Å². The fourth-order valence-electron chi connectivity index (χ4n) is 6.82. The number of benzene rings is 2. The molecule has 2 saturated heterocycles. The van der Waals surface area contributed by atoms with Gasteiger partial charge in [-0.25, -0.2) is 9.38 Å². The molecule has 0 bridgehead atoms. The van der Waals surface area contributed by atoms with Crippen molar-refractivity contribution in [3.8, 4) is 12.1 Å². The molecule has 0 radical (unpaired) electrons. The van der Waals surface area contributed by atoms with E-state index < -0.39 is 23.8 Å². The lowest BCUT2D eigenvalue weighted by atomic mass is 9.85. The van der Waals surface area contributed by atoms with Gasteiger partial charge in [0.1, 0.15) is 30.0 Å². The molecule has 230 valence electrons. The van der Waals surface area contributed by atoms with Crippen LogP contribution in [0.15, 0.2) is 76.1 Å². The maximum absolute atomic E-state index is 16.8. The Morgan fingerprint density at radius 2 is 2.00 bits per heavy atom. The molecule has 0 aromatic heterocycles.